The van der Waals surface area contributed by atoms with Gasteiger partial charge in [-0.15, -0.1) is 24.8 Å². The Labute approximate surface area is 160 Å². The molecule has 0 spiro atoms. The van der Waals surface area contributed by atoms with E-state index in [1.54, 1.807) is 11.8 Å². The van der Waals surface area contributed by atoms with Crippen molar-refractivity contribution in [3.05, 3.63) is 11.1 Å². The van der Waals surface area contributed by atoms with Crippen molar-refractivity contribution in [2.24, 2.45) is 9.98 Å². The SMILES string of the molecule is CC1(C)CN2C(CCCSC3=NCC(C)(C)N3)=CSC2=N1.Cl.Cl. The third-order valence-electron chi connectivity index (χ3n) is 3.70. The van der Waals surface area contributed by atoms with Crippen LogP contribution in [0.4, 0.5) is 0 Å². The first kappa shape index (κ1) is 21.0. The summed E-state index contributed by atoms with van der Waals surface area (Å²) < 4.78 is 0. The number of hydrogen-bond donors (Lipinski definition) is 1. The van der Waals surface area contributed by atoms with Gasteiger partial charge in [0.05, 0.1) is 17.6 Å². The first-order valence-electron chi connectivity index (χ1n) is 7.53. The minimum atomic E-state index is 0. The van der Waals surface area contributed by atoms with Gasteiger partial charge in [0.1, 0.15) is 0 Å². The highest BCUT2D eigenvalue weighted by atomic mass is 35.5. The van der Waals surface area contributed by atoms with Crippen LogP contribution >= 0.6 is 48.3 Å². The second-order valence-corrected chi connectivity index (χ2v) is 9.02. The number of aliphatic imine (C=N–C) groups is 2. The number of rotatable bonds is 4. The van der Waals surface area contributed by atoms with Gasteiger partial charge in [0, 0.05) is 18.0 Å². The quantitative estimate of drug-likeness (QED) is 0.725. The normalized spacial score (nSPS) is 23.1. The van der Waals surface area contributed by atoms with Crippen molar-refractivity contribution in [1.82, 2.24) is 10.2 Å². The van der Waals surface area contributed by atoms with Crippen LogP contribution in [-0.2, 0) is 0 Å². The van der Waals surface area contributed by atoms with Crippen molar-refractivity contribution in [3.63, 3.8) is 0 Å². The zero-order chi connectivity index (χ0) is 15.1. The largest absolute Gasteiger partial charge is 0.358 e. The zero-order valence-electron chi connectivity index (χ0n) is 14.1. The molecule has 23 heavy (non-hydrogen) atoms. The number of fused-ring (bicyclic) bond motifs is 1. The van der Waals surface area contributed by atoms with E-state index in [-0.39, 0.29) is 35.9 Å². The topological polar surface area (TPSA) is 40.0 Å². The van der Waals surface area contributed by atoms with Gasteiger partial charge in [-0.2, -0.15) is 0 Å². The molecule has 0 aliphatic carbocycles. The molecule has 0 aromatic heterocycles. The standard InChI is InChI=1S/C15H24N4S2.2ClH/c1-14(2)9-16-12(17-14)20-7-5-6-11-8-21-13-18-15(3,4)10-19(11)13;;/h8H,5-7,9-10H2,1-4H3,(H,16,17);2*1H. The molecule has 132 valence electrons. The van der Waals surface area contributed by atoms with E-state index < -0.39 is 0 Å². The molecule has 3 aliphatic rings. The van der Waals surface area contributed by atoms with E-state index in [0.29, 0.717) is 0 Å². The maximum atomic E-state index is 4.76. The molecule has 0 unspecified atom stereocenters. The van der Waals surface area contributed by atoms with Crippen LogP contribution in [0.15, 0.2) is 21.1 Å². The van der Waals surface area contributed by atoms with Crippen molar-refractivity contribution >= 4 is 58.7 Å². The summed E-state index contributed by atoms with van der Waals surface area (Å²) in [6.07, 6.45) is 2.31. The van der Waals surface area contributed by atoms with Crippen molar-refractivity contribution in [2.75, 3.05) is 18.8 Å². The molecule has 0 fully saturated rings. The molecule has 3 aliphatic heterocycles. The Morgan fingerprint density at radius 1 is 1.30 bits per heavy atom. The minimum Gasteiger partial charge on any atom is -0.358 e. The van der Waals surface area contributed by atoms with E-state index in [1.165, 1.54) is 17.3 Å². The number of thioether (sulfide) groups is 2. The molecular formula is C15H26Cl2N4S2. The molecule has 8 heteroatoms. The first-order chi connectivity index (χ1) is 9.85. The van der Waals surface area contributed by atoms with E-state index in [4.69, 9.17) is 4.99 Å². The van der Waals surface area contributed by atoms with Gasteiger partial charge < -0.3 is 10.2 Å². The lowest BCUT2D eigenvalue weighted by Gasteiger charge is -2.21. The number of nitrogens with one attached hydrogen (secondary N) is 1. The van der Waals surface area contributed by atoms with Crippen LogP contribution in [0.5, 0.6) is 0 Å². The molecule has 0 bridgehead atoms. The summed E-state index contributed by atoms with van der Waals surface area (Å²) in [5.74, 6) is 1.12. The predicted molar refractivity (Wildman–Crippen MR) is 110 cm³/mol. The number of halogens is 2. The van der Waals surface area contributed by atoms with Gasteiger partial charge >= 0.3 is 0 Å². The Hall–Kier alpha value is -0.0400. The first-order valence-corrected chi connectivity index (χ1v) is 9.40. The van der Waals surface area contributed by atoms with Crippen molar-refractivity contribution in [2.45, 2.75) is 51.6 Å². The van der Waals surface area contributed by atoms with E-state index in [9.17, 15) is 0 Å². The fourth-order valence-corrected chi connectivity index (χ4v) is 4.73. The summed E-state index contributed by atoms with van der Waals surface area (Å²) in [6, 6.07) is 0. The van der Waals surface area contributed by atoms with Crippen molar-refractivity contribution < 1.29 is 0 Å². The maximum Gasteiger partial charge on any atom is 0.168 e. The van der Waals surface area contributed by atoms with Gasteiger partial charge in [-0.25, -0.2) is 0 Å². The van der Waals surface area contributed by atoms with E-state index in [2.05, 4.69) is 48.3 Å². The summed E-state index contributed by atoms with van der Waals surface area (Å²) in [6.45, 7) is 10.7. The lowest BCUT2D eigenvalue weighted by Crippen LogP contribution is -2.38. The van der Waals surface area contributed by atoms with Gasteiger partial charge in [-0.1, -0.05) is 23.5 Å². The van der Waals surface area contributed by atoms with Crippen molar-refractivity contribution in [3.8, 4) is 0 Å². The Balaban J connectivity index is 0.00000132. The lowest BCUT2D eigenvalue weighted by atomic mass is 10.1. The fourth-order valence-electron chi connectivity index (χ4n) is 2.64. The third-order valence-corrected chi connectivity index (χ3v) is 5.61. The summed E-state index contributed by atoms with van der Waals surface area (Å²) in [7, 11) is 0. The Morgan fingerprint density at radius 3 is 2.70 bits per heavy atom. The molecular weight excluding hydrogens is 371 g/mol. The zero-order valence-corrected chi connectivity index (χ0v) is 17.4. The van der Waals surface area contributed by atoms with Crippen molar-refractivity contribution in [1.29, 1.82) is 0 Å². The third kappa shape index (κ3) is 5.21. The summed E-state index contributed by atoms with van der Waals surface area (Å²) in [5, 5.41) is 8.04. The minimum absolute atomic E-state index is 0. The van der Waals surface area contributed by atoms with E-state index in [0.717, 1.165) is 30.4 Å². The number of hydrogen-bond acceptors (Lipinski definition) is 6. The number of nitrogens with zero attached hydrogens (tertiary/aromatic N) is 3. The molecule has 0 aromatic rings. The molecule has 0 atom stereocenters. The molecule has 3 rings (SSSR count). The highest BCUT2D eigenvalue weighted by Crippen LogP contribution is 2.37. The lowest BCUT2D eigenvalue weighted by molar-refractivity contribution is 0.424. The average molecular weight is 397 g/mol. The maximum absolute atomic E-state index is 4.76. The summed E-state index contributed by atoms with van der Waals surface area (Å²) >= 11 is 3.63. The molecule has 0 saturated heterocycles. The summed E-state index contributed by atoms with van der Waals surface area (Å²) in [4.78, 5) is 11.7. The van der Waals surface area contributed by atoms with Crippen LogP contribution in [0.25, 0.3) is 0 Å². The van der Waals surface area contributed by atoms with Crippen LogP contribution in [-0.4, -0.2) is 45.2 Å². The highest BCUT2D eigenvalue weighted by molar-refractivity contribution is 8.16. The van der Waals surface area contributed by atoms with Crippen LogP contribution in [0.2, 0.25) is 0 Å². The molecule has 1 N–H and O–H groups in total. The van der Waals surface area contributed by atoms with Crippen LogP contribution in [0.1, 0.15) is 40.5 Å². The predicted octanol–water partition coefficient (Wildman–Crippen LogP) is 4.12. The van der Waals surface area contributed by atoms with Crippen LogP contribution < -0.4 is 5.32 Å². The van der Waals surface area contributed by atoms with Gasteiger partial charge in [-0.3, -0.25) is 9.98 Å². The molecule has 0 amide bonds. The smallest absolute Gasteiger partial charge is 0.168 e. The number of amidine groups is 2. The molecule has 3 heterocycles. The molecule has 0 radical (unpaired) electrons. The Bertz CT molecular complexity index is 530. The van der Waals surface area contributed by atoms with E-state index >= 15 is 0 Å². The van der Waals surface area contributed by atoms with Gasteiger partial charge in [-0.05, 0) is 45.9 Å². The molecule has 0 aromatic carbocycles. The van der Waals surface area contributed by atoms with Gasteiger partial charge in [0.15, 0.2) is 10.3 Å². The molecule has 0 saturated carbocycles. The van der Waals surface area contributed by atoms with Crippen LogP contribution in [0, 0.1) is 0 Å². The van der Waals surface area contributed by atoms with Crippen LogP contribution in [0.3, 0.4) is 0 Å². The Morgan fingerprint density at radius 2 is 2.04 bits per heavy atom. The number of allylic oxidation sites excluding steroid dienone is 1. The van der Waals surface area contributed by atoms with Gasteiger partial charge in [0.25, 0.3) is 0 Å². The summed E-state index contributed by atoms with van der Waals surface area (Å²) in [5.41, 5.74) is 1.65. The average Bonchev–Trinajstić information content (AvgIpc) is 2.98. The fraction of sp³-hybridized carbons (Fsp3) is 0.733. The Kier molecular flexibility index (Phi) is 7.21. The molecule has 4 nitrogen and oxygen atoms in total. The van der Waals surface area contributed by atoms with Gasteiger partial charge in [0.2, 0.25) is 0 Å². The second-order valence-electron chi connectivity index (χ2n) is 7.10. The second kappa shape index (κ2) is 7.89. The highest BCUT2D eigenvalue weighted by Gasteiger charge is 2.35. The van der Waals surface area contributed by atoms with E-state index in [1.807, 2.05) is 11.8 Å². The monoisotopic (exact) mass is 396 g/mol.